The van der Waals surface area contributed by atoms with E-state index in [1.807, 2.05) is 12.1 Å². The third-order valence-corrected chi connectivity index (χ3v) is 4.49. The van der Waals surface area contributed by atoms with Crippen LogP contribution in [-0.2, 0) is 16.1 Å². The van der Waals surface area contributed by atoms with Crippen molar-refractivity contribution in [1.82, 2.24) is 5.43 Å². The molecule has 3 rings (SSSR count). The van der Waals surface area contributed by atoms with Gasteiger partial charge in [0.2, 0.25) is 0 Å². The molecule has 8 nitrogen and oxygen atoms in total. The van der Waals surface area contributed by atoms with Gasteiger partial charge in [-0.3, -0.25) is 4.79 Å². The molecule has 2 aromatic carbocycles. The topological polar surface area (TPSA) is 104 Å². The van der Waals surface area contributed by atoms with Crippen molar-refractivity contribution in [2.45, 2.75) is 6.61 Å². The lowest BCUT2D eigenvalue weighted by molar-refractivity contribution is -0.900. The van der Waals surface area contributed by atoms with Crippen LogP contribution in [0.4, 0.5) is 0 Å². The Balaban J connectivity index is 1.42. The lowest BCUT2D eigenvalue weighted by Crippen LogP contribution is -3.15. The summed E-state index contributed by atoms with van der Waals surface area (Å²) in [5.74, 6) is -0.651. The number of carbonyl (C=O) groups excluding carboxylic acids is 2. The van der Waals surface area contributed by atoms with Crippen molar-refractivity contribution in [1.29, 1.82) is 0 Å². The van der Waals surface area contributed by atoms with E-state index in [0.29, 0.717) is 32.1 Å². The van der Waals surface area contributed by atoms with Gasteiger partial charge in [0.25, 0.3) is 5.91 Å². The molecule has 0 atom stereocenters. The molecular formula is C21H23N3O5. The lowest BCUT2D eigenvalue weighted by atomic mass is 10.1. The molecule has 1 heterocycles. The molecule has 0 aromatic heterocycles. The molecule has 1 fully saturated rings. The van der Waals surface area contributed by atoms with Crippen molar-refractivity contribution in [3.05, 3.63) is 65.2 Å². The van der Waals surface area contributed by atoms with Gasteiger partial charge >= 0.3 is 0 Å². The highest BCUT2D eigenvalue weighted by molar-refractivity contribution is 5.85. The van der Waals surface area contributed by atoms with Crippen LogP contribution in [0.3, 0.4) is 0 Å². The summed E-state index contributed by atoms with van der Waals surface area (Å²) in [6.45, 7) is 3.74. The monoisotopic (exact) mass is 397 g/mol. The Kier molecular flexibility index (Phi) is 7.32. The number of hydrogen-bond acceptors (Lipinski definition) is 6. The van der Waals surface area contributed by atoms with Crippen LogP contribution in [0.25, 0.3) is 0 Å². The minimum absolute atomic E-state index is 0.122. The first-order valence-electron chi connectivity index (χ1n) is 9.36. The summed E-state index contributed by atoms with van der Waals surface area (Å²) in [5.41, 5.74) is 4.36. The number of amides is 1. The number of carboxylic acid groups (broad SMARTS) is 1. The first-order valence-corrected chi connectivity index (χ1v) is 9.36. The average molecular weight is 397 g/mol. The predicted octanol–water partition coefficient (Wildman–Crippen LogP) is -1.01. The van der Waals surface area contributed by atoms with Gasteiger partial charge in [0.1, 0.15) is 25.4 Å². The Morgan fingerprint density at radius 1 is 1.10 bits per heavy atom. The third kappa shape index (κ3) is 6.70. The number of hydrazone groups is 1. The van der Waals surface area contributed by atoms with Crippen LogP contribution in [0.1, 0.15) is 21.5 Å². The lowest BCUT2D eigenvalue weighted by Gasteiger charge is -2.22. The van der Waals surface area contributed by atoms with Crippen LogP contribution in [0.15, 0.2) is 53.6 Å². The largest absolute Gasteiger partial charge is 0.545 e. The van der Waals surface area contributed by atoms with Crippen LogP contribution in [0.5, 0.6) is 5.75 Å². The van der Waals surface area contributed by atoms with Gasteiger partial charge in [-0.2, -0.15) is 5.10 Å². The molecule has 1 aliphatic rings. The summed E-state index contributed by atoms with van der Waals surface area (Å²) in [7, 11) is 0. The molecule has 29 heavy (non-hydrogen) atoms. The molecule has 0 spiro atoms. The Labute approximate surface area is 168 Å². The van der Waals surface area contributed by atoms with Crippen LogP contribution in [0, 0.1) is 0 Å². The van der Waals surface area contributed by atoms with Gasteiger partial charge in [-0.25, -0.2) is 5.43 Å². The molecule has 0 saturated carbocycles. The fraction of sp³-hybridized carbons (Fsp3) is 0.286. The number of carboxylic acids is 1. The second kappa shape index (κ2) is 10.4. The minimum Gasteiger partial charge on any atom is -0.545 e. The highest BCUT2D eigenvalue weighted by Gasteiger charge is 2.16. The number of morpholine rings is 1. The van der Waals surface area contributed by atoms with Gasteiger partial charge in [0, 0.05) is 0 Å². The molecule has 2 aromatic rings. The molecule has 1 aliphatic heterocycles. The predicted molar refractivity (Wildman–Crippen MR) is 104 cm³/mol. The number of nitrogens with zero attached hydrogens (tertiary/aromatic N) is 1. The fourth-order valence-corrected chi connectivity index (χ4v) is 2.84. The normalized spacial score (nSPS) is 14.6. The Hall–Kier alpha value is -3.23. The van der Waals surface area contributed by atoms with Crippen LogP contribution in [-0.4, -0.2) is 50.9 Å². The van der Waals surface area contributed by atoms with Crippen molar-refractivity contribution in [3.8, 4) is 5.75 Å². The molecule has 0 aliphatic carbocycles. The molecule has 152 valence electrons. The second-order valence-electron chi connectivity index (χ2n) is 6.67. The highest BCUT2D eigenvalue weighted by atomic mass is 16.5. The Morgan fingerprint density at radius 3 is 2.45 bits per heavy atom. The number of carbonyl (C=O) groups is 2. The Morgan fingerprint density at radius 2 is 1.79 bits per heavy atom. The van der Waals surface area contributed by atoms with Crippen LogP contribution in [0.2, 0.25) is 0 Å². The summed E-state index contributed by atoms with van der Waals surface area (Å²) in [4.78, 5) is 23.8. The summed E-state index contributed by atoms with van der Waals surface area (Å²) >= 11 is 0. The van der Waals surface area contributed by atoms with E-state index in [9.17, 15) is 14.7 Å². The summed E-state index contributed by atoms with van der Waals surface area (Å²) in [5, 5.41) is 14.7. The van der Waals surface area contributed by atoms with Crippen molar-refractivity contribution in [2.24, 2.45) is 5.10 Å². The summed E-state index contributed by atoms with van der Waals surface area (Å²) in [6, 6.07) is 13.6. The SMILES string of the molecule is O=C(C[NH+]1CCOCC1)N/N=C\c1ccc(OCc2ccc(C(=O)[O-])cc2)cc1. The van der Waals surface area contributed by atoms with Crippen molar-refractivity contribution in [2.75, 3.05) is 32.8 Å². The minimum atomic E-state index is -1.20. The second-order valence-corrected chi connectivity index (χ2v) is 6.67. The first kappa shape index (κ1) is 20.5. The number of hydrogen-bond donors (Lipinski definition) is 2. The average Bonchev–Trinajstić information content (AvgIpc) is 2.74. The van der Waals surface area contributed by atoms with Crippen LogP contribution < -0.4 is 20.2 Å². The molecule has 1 saturated heterocycles. The van der Waals surface area contributed by atoms with E-state index in [4.69, 9.17) is 9.47 Å². The molecular weight excluding hydrogens is 374 g/mol. The number of nitrogens with one attached hydrogen (secondary N) is 2. The van der Waals surface area contributed by atoms with E-state index < -0.39 is 5.97 Å². The quantitative estimate of drug-likeness (QED) is 0.439. The first-order chi connectivity index (χ1) is 14.1. The Bertz CT molecular complexity index is 844. The molecule has 8 heteroatoms. The number of ether oxygens (including phenoxy) is 2. The fourth-order valence-electron chi connectivity index (χ4n) is 2.84. The van der Waals surface area contributed by atoms with Gasteiger partial charge in [-0.1, -0.05) is 24.3 Å². The zero-order valence-corrected chi connectivity index (χ0v) is 15.9. The zero-order chi connectivity index (χ0) is 20.5. The zero-order valence-electron chi connectivity index (χ0n) is 15.9. The maximum absolute atomic E-state index is 11.9. The van der Waals surface area contributed by atoms with Crippen molar-refractivity contribution < 1.29 is 29.1 Å². The maximum Gasteiger partial charge on any atom is 0.295 e. The number of quaternary nitrogens is 1. The number of benzene rings is 2. The number of aromatic carboxylic acids is 1. The smallest absolute Gasteiger partial charge is 0.295 e. The van der Waals surface area contributed by atoms with E-state index in [1.54, 1.807) is 30.5 Å². The molecule has 0 unspecified atom stereocenters. The van der Waals surface area contributed by atoms with Crippen molar-refractivity contribution >= 4 is 18.1 Å². The van der Waals surface area contributed by atoms with Crippen LogP contribution >= 0.6 is 0 Å². The van der Waals surface area contributed by atoms with Crippen molar-refractivity contribution in [3.63, 3.8) is 0 Å². The summed E-state index contributed by atoms with van der Waals surface area (Å²) < 4.78 is 11.0. The highest BCUT2D eigenvalue weighted by Crippen LogP contribution is 2.14. The van der Waals surface area contributed by atoms with Gasteiger partial charge in [-0.05, 0) is 41.0 Å². The number of rotatable bonds is 8. The van der Waals surface area contributed by atoms with E-state index in [1.165, 1.54) is 17.0 Å². The maximum atomic E-state index is 11.9. The van der Waals surface area contributed by atoms with Gasteiger partial charge in [-0.15, -0.1) is 0 Å². The van der Waals surface area contributed by atoms with E-state index in [0.717, 1.165) is 24.2 Å². The molecule has 0 radical (unpaired) electrons. The third-order valence-electron chi connectivity index (χ3n) is 4.49. The summed E-state index contributed by atoms with van der Waals surface area (Å²) in [6.07, 6.45) is 1.58. The molecule has 0 bridgehead atoms. The van der Waals surface area contributed by atoms with Gasteiger partial charge in [0.05, 0.1) is 25.4 Å². The molecule has 1 amide bonds. The van der Waals surface area contributed by atoms with E-state index >= 15 is 0 Å². The van der Waals surface area contributed by atoms with Gasteiger partial charge < -0.3 is 24.3 Å². The van der Waals surface area contributed by atoms with E-state index in [2.05, 4.69) is 10.5 Å². The molecule has 2 N–H and O–H groups in total. The van der Waals surface area contributed by atoms with Gasteiger partial charge in [0.15, 0.2) is 6.54 Å². The van der Waals surface area contributed by atoms with E-state index in [-0.39, 0.29) is 11.5 Å². The standard InChI is InChI=1S/C21H23N3O5/c25-20(14-24-9-11-28-12-10-24)23-22-13-16-3-7-19(8-4-16)29-15-17-1-5-18(6-2-17)21(26)27/h1-8,13H,9-12,14-15H2,(H,23,25)(H,26,27)/b22-13-.